The third-order valence-corrected chi connectivity index (χ3v) is 4.37. The molecule has 140 valence electrons. The highest BCUT2D eigenvalue weighted by Gasteiger charge is 2.31. The standard InChI is InChI=1S/C20H21N3O4/c1-13(24)14-4-3-5-15(10-14)21-20(26)22-16-11-19(25)23(12-16)17-6-8-18(27-2)9-7-17/h3-10,16H,11-12H2,1-2H3,(H2,21,22,26)/t16-/m0/s1. The number of nitrogens with one attached hydrogen (secondary N) is 2. The molecule has 7 heteroatoms. The van der Waals surface area contributed by atoms with Gasteiger partial charge in [0.1, 0.15) is 5.75 Å². The number of carbonyl (C=O) groups is 3. The molecule has 1 heterocycles. The van der Waals surface area contributed by atoms with Crippen LogP contribution in [0.3, 0.4) is 0 Å². The van der Waals surface area contributed by atoms with Crippen LogP contribution in [0.15, 0.2) is 48.5 Å². The molecule has 0 unspecified atom stereocenters. The molecule has 0 radical (unpaired) electrons. The maximum Gasteiger partial charge on any atom is 0.319 e. The summed E-state index contributed by atoms with van der Waals surface area (Å²) >= 11 is 0. The summed E-state index contributed by atoms with van der Waals surface area (Å²) in [4.78, 5) is 37.6. The number of carbonyl (C=O) groups excluding carboxylic acids is 3. The van der Waals surface area contributed by atoms with Crippen molar-refractivity contribution in [1.29, 1.82) is 0 Å². The fraction of sp³-hybridized carbons (Fsp3) is 0.250. The number of anilines is 2. The van der Waals surface area contributed by atoms with E-state index in [0.717, 1.165) is 5.69 Å². The molecule has 0 saturated carbocycles. The monoisotopic (exact) mass is 367 g/mol. The van der Waals surface area contributed by atoms with E-state index < -0.39 is 6.03 Å². The number of nitrogens with zero attached hydrogens (tertiary/aromatic N) is 1. The molecule has 7 nitrogen and oxygen atoms in total. The van der Waals surface area contributed by atoms with Crippen molar-refractivity contribution in [2.75, 3.05) is 23.9 Å². The molecule has 1 saturated heterocycles. The van der Waals surface area contributed by atoms with Gasteiger partial charge in [-0.15, -0.1) is 0 Å². The smallest absolute Gasteiger partial charge is 0.319 e. The normalized spacial score (nSPS) is 16.1. The van der Waals surface area contributed by atoms with E-state index in [-0.39, 0.29) is 24.2 Å². The Morgan fingerprint density at radius 2 is 1.89 bits per heavy atom. The number of methoxy groups -OCH3 is 1. The van der Waals surface area contributed by atoms with E-state index in [9.17, 15) is 14.4 Å². The first kappa shape index (κ1) is 18.4. The number of Topliss-reactive ketones (excluding diaryl/α,β-unsaturated/α-hetero) is 1. The van der Waals surface area contributed by atoms with Crippen molar-refractivity contribution < 1.29 is 19.1 Å². The second-order valence-electron chi connectivity index (χ2n) is 6.34. The summed E-state index contributed by atoms with van der Waals surface area (Å²) in [5.74, 6) is 0.590. The molecule has 1 atom stereocenters. The number of rotatable bonds is 5. The molecule has 2 aromatic rings. The van der Waals surface area contributed by atoms with E-state index in [4.69, 9.17) is 4.74 Å². The van der Waals surface area contributed by atoms with Gasteiger partial charge in [0.25, 0.3) is 0 Å². The van der Waals surface area contributed by atoms with Gasteiger partial charge in [-0.25, -0.2) is 4.79 Å². The van der Waals surface area contributed by atoms with Crippen molar-refractivity contribution in [3.05, 3.63) is 54.1 Å². The minimum absolute atomic E-state index is 0.0518. The molecule has 2 aromatic carbocycles. The van der Waals surface area contributed by atoms with Gasteiger partial charge >= 0.3 is 6.03 Å². The van der Waals surface area contributed by atoms with Gasteiger partial charge in [0.05, 0.1) is 13.2 Å². The molecule has 2 N–H and O–H groups in total. The lowest BCUT2D eigenvalue weighted by Gasteiger charge is -2.18. The molecule has 0 aliphatic carbocycles. The Kier molecular flexibility index (Phi) is 5.40. The Hall–Kier alpha value is -3.35. The van der Waals surface area contributed by atoms with Gasteiger partial charge in [-0.1, -0.05) is 12.1 Å². The minimum Gasteiger partial charge on any atom is -0.497 e. The van der Waals surface area contributed by atoms with Crippen LogP contribution in [0.1, 0.15) is 23.7 Å². The highest BCUT2D eigenvalue weighted by atomic mass is 16.5. The van der Waals surface area contributed by atoms with Crippen LogP contribution >= 0.6 is 0 Å². The van der Waals surface area contributed by atoms with Gasteiger partial charge in [-0.2, -0.15) is 0 Å². The van der Waals surface area contributed by atoms with Crippen molar-refractivity contribution >= 4 is 29.1 Å². The molecular weight excluding hydrogens is 346 g/mol. The summed E-state index contributed by atoms with van der Waals surface area (Å²) in [7, 11) is 1.58. The third-order valence-electron chi connectivity index (χ3n) is 4.37. The van der Waals surface area contributed by atoms with Gasteiger partial charge in [0, 0.05) is 29.9 Å². The van der Waals surface area contributed by atoms with E-state index in [1.54, 1.807) is 48.4 Å². The lowest BCUT2D eigenvalue weighted by atomic mass is 10.1. The number of hydrogen-bond donors (Lipinski definition) is 2. The predicted octanol–water partition coefficient (Wildman–Crippen LogP) is 2.82. The second kappa shape index (κ2) is 7.90. The number of ether oxygens (including phenoxy) is 1. The largest absolute Gasteiger partial charge is 0.497 e. The lowest BCUT2D eigenvalue weighted by molar-refractivity contribution is -0.117. The van der Waals surface area contributed by atoms with Gasteiger partial charge in [0.15, 0.2) is 5.78 Å². The van der Waals surface area contributed by atoms with Gasteiger partial charge in [0.2, 0.25) is 5.91 Å². The van der Waals surface area contributed by atoms with E-state index in [0.29, 0.717) is 23.5 Å². The third kappa shape index (κ3) is 4.44. The lowest BCUT2D eigenvalue weighted by Crippen LogP contribution is -2.39. The first-order valence-electron chi connectivity index (χ1n) is 8.59. The summed E-state index contributed by atoms with van der Waals surface area (Å²) in [5, 5.41) is 5.51. The van der Waals surface area contributed by atoms with Crippen molar-refractivity contribution in [2.24, 2.45) is 0 Å². The van der Waals surface area contributed by atoms with E-state index in [2.05, 4.69) is 10.6 Å². The Bertz CT molecular complexity index is 864. The van der Waals surface area contributed by atoms with Crippen molar-refractivity contribution in [2.45, 2.75) is 19.4 Å². The van der Waals surface area contributed by atoms with Crippen LogP contribution in [-0.2, 0) is 4.79 Å². The number of amides is 3. The SMILES string of the molecule is COc1ccc(N2C[C@@H](NC(=O)Nc3cccc(C(C)=O)c3)CC2=O)cc1. The fourth-order valence-corrected chi connectivity index (χ4v) is 2.98. The Morgan fingerprint density at radius 3 is 2.56 bits per heavy atom. The molecule has 0 spiro atoms. The molecule has 0 aromatic heterocycles. The predicted molar refractivity (Wildman–Crippen MR) is 102 cm³/mol. The van der Waals surface area contributed by atoms with Crippen LogP contribution in [0.25, 0.3) is 0 Å². The molecule has 1 aliphatic heterocycles. The van der Waals surface area contributed by atoms with Crippen LogP contribution in [0.4, 0.5) is 16.2 Å². The van der Waals surface area contributed by atoms with Crippen molar-refractivity contribution in [3.63, 3.8) is 0 Å². The summed E-state index contributed by atoms with van der Waals surface area (Å²) in [6.07, 6.45) is 0.229. The van der Waals surface area contributed by atoms with E-state index in [1.165, 1.54) is 6.92 Å². The molecule has 3 rings (SSSR count). The summed E-state index contributed by atoms with van der Waals surface area (Å²) < 4.78 is 5.12. The van der Waals surface area contributed by atoms with Gasteiger partial charge < -0.3 is 20.3 Å². The molecule has 3 amide bonds. The fourth-order valence-electron chi connectivity index (χ4n) is 2.98. The zero-order valence-corrected chi connectivity index (χ0v) is 15.2. The molecule has 1 aliphatic rings. The summed E-state index contributed by atoms with van der Waals surface area (Å²) in [6.45, 7) is 1.86. The van der Waals surface area contributed by atoms with E-state index >= 15 is 0 Å². The zero-order chi connectivity index (χ0) is 19.4. The summed E-state index contributed by atoms with van der Waals surface area (Å²) in [6, 6.07) is 13.2. The van der Waals surface area contributed by atoms with Crippen LogP contribution in [0, 0.1) is 0 Å². The average Bonchev–Trinajstić information content (AvgIpc) is 3.01. The molecule has 1 fully saturated rings. The highest BCUT2D eigenvalue weighted by Crippen LogP contribution is 2.24. The quantitative estimate of drug-likeness (QED) is 0.796. The van der Waals surface area contributed by atoms with Crippen LogP contribution < -0.4 is 20.3 Å². The average molecular weight is 367 g/mol. The Balaban J connectivity index is 1.59. The maximum absolute atomic E-state index is 12.3. The van der Waals surface area contributed by atoms with E-state index in [1.807, 2.05) is 12.1 Å². The van der Waals surface area contributed by atoms with Gasteiger partial charge in [-0.3, -0.25) is 9.59 Å². The maximum atomic E-state index is 12.3. The number of ketones is 1. The molecule has 0 bridgehead atoms. The number of benzene rings is 2. The van der Waals surface area contributed by atoms with Gasteiger partial charge in [-0.05, 0) is 43.3 Å². The molecule has 27 heavy (non-hydrogen) atoms. The Labute approximate surface area is 157 Å². The minimum atomic E-state index is -0.412. The first-order valence-corrected chi connectivity index (χ1v) is 8.59. The first-order chi connectivity index (χ1) is 13.0. The van der Waals surface area contributed by atoms with Crippen LogP contribution in [0.2, 0.25) is 0 Å². The summed E-state index contributed by atoms with van der Waals surface area (Å²) in [5.41, 5.74) is 1.81. The second-order valence-corrected chi connectivity index (χ2v) is 6.34. The number of hydrogen-bond acceptors (Lipinski definition) is 4. The number of urea groups is 1. The van der Waals surface area contributed by atoms with Crippen LogP contribution in [0.5, 0.6) is 5.75 Å². The highest BCUT2D eigenvalue weighted by molar-refractivity contribution is 5.98. The zero-order valence-electron chi connectivity index (χ0n) is 15.2. The topological polar surface area (TPSA) is 87.7 Å². The van der Waals surface area contributed by atoms with Crippen LogP contribution in [-0.4, -0.2) is 37.4 Å². The molecular formula is C20H21N3O4. The van der Waals surface area contributed by atoms with Crippen molar-refractivity contribution in [3.8, 4) is 5.75 Å². The Morgan fingerprint density at radius 1 is 1.15 bits per heavy atom. The van der Waals surface area contributed by atoms with Crippen molar-refractivity contribution in [1.82, 2.24) is 5.32 Å².